The number of aromatic nitrogens is 3. The molecule has 8 atom stereocenters. The number of hydrogen-bond donors (Lipinski definition) is 6. The van der Waals surface area contributed by atoms with Crippen molar-refractivity contribution in [2.75, 3.05) is 0 Å². The Morgan fingerprint density at radius 3 is 2.24 bits per heavy atom. The Hall–Kier alpha value is -2.99. The normalized spacial score (nSPS) is 18.4. The van der Waals surface area contributed by atoms with Gasteiger partial charge in [0.2, 0.25) is 5.91 Å². The van der Waals surface area contributed by atoms with Crippen molar-refractivity contribution in [3.63, 3.8) is 0 Å². The Bertz CT molecular complexity index is 1140. The van der Waals surface area contributed by atoms with Crippen LogP contribution in [0.15, 0.2) is 36.9 Å². The molecule has 2 heterocycles. The topological polar surface area (TPSA) is 203 Å². The molecule has 0 radical (unpaired) electrons. The largest absolute Gasteiger partial charge is 0.391 e. The first-order chi connectivity index (χ1) is 19.7. The molecule has 11 heteroatoms. The van der Waals surface area contributed by atoms with Crippen LogP contribution in [0.1, 0.15) is 78.7 Å². The third-order valence-electron chi connectivity index (χ3n) is 8.57. The van der Waals surface area contributed by atoms with Gasteiger partial charge in [-0.05, 0) is 36.3 Å². The van der Waals surface area contributed by atoms with E-state index in [0.29, 0.717) is 24.2 Å². The van der Waals surface area contributed by atoms with Gasteiger partial charge in [-0.2, -0.15) is 0 Å². The number of nitrogens with zero attached hydrogens (tertiary/aromatic N) is 2. The van der Waals surface area contributed by atoms with E-state index >= 15 is 0 Å². The third kappa shape index (κ3) is 7.89. The van der Waals surface area contributed by atoms with Gasteiger partial charge in [0.15, 0.2) is 11.6 Å². The van der Waals surface area contributed by atoms with Crippen molar-refractivity contribution in [3.05, 3.63) is 48.3 Å². The average molecular weight is 586 g/mol. The summed E-state index contributed by atoms with van der Waals surface area (Å²) in [6.45, 7) is 12.9. The quantitative estimate of drug-likeness (QED) is 0.150. The molecule has 0 fully saturated rings. The molecule has 2 unspecified atom stereocenters. The maximum atomic E-state index is 14.6. The summed E-state index contributed by atoms with van der Waals surface area (Å²) < 4.78 is 0. The molecule has 0 aliphatic heterocycles. The molecule has 9 N–H and O–H groups in total. The van der Waals surface area contributed by atoms with E-state index in [2.05, 4.69) is 20.3 Å². The van der Waals surface area contributed by atoms with Gasteiger partial charge in [-0.15, -0.1) is 0 Å². The van der Waals surface area contributed by atoms with Crippen molar-refractivity contribution in [3.8, 4) is 0 Å². The highest BCUT2D eigenvalue weighted by Gasteiger charge is 2.57. The van der Waals surface area contributed by atoms with E-state index in [1.165, 1.54) is 12.5 Å². The highest BCUT2D eigenvalue weighted by Crippen LogP contribution is 2.42. The van der Waals surface area contributed by atoms with Gasteiger partial charge in [0.1, 0.15) is 11.5 Å². The summed E-state index contributed by atoms with van der Waals surface area (Å²) in [4.78, 5) is 54.1. The van der Waals surface area contributed by atoms with E-state index in [1.807, 2.05) is 27.7 Å². The molecule has 0 aliphatic rings. The molecule has 234 valence electrons. The van der Waals surface area contributed by atoms with Crippen molar-refractivity contribution in [2.24, 2.45) is 46.3 Å². The Morgan fingerprint density at radius 2 is 1.74 bits per heavy atom. The highest BCUT2D eigenvalue weighted by atomic mass is 16.3. The van der Waals surface area contributed by atoms with Crippen LogP contribution >= 0.6 is 0 Å². The monoisotopic (exact) mass is 585 g/mol. The van der Waals surface area contributed by atoms with Crippen molar-refractivity contribution < 1.29 is 19.5 Å². The number of pyridine rings is 1. The summed E-state index contributed by atoms with van der Waals surface area (Å²) in [6, 6.07) is 1.14. The van der Waals surface area contributed by atoms with E-state index in [1.54, 1.807) is 45.2 Å². The van der Waals surface area contributed by atoms with Crippen LogP contribution in [0.2, 0.25) is 0 Å². The number of amides is 1. The van der Waals surface area contributed by atoms with Crippen molar-refractivity contribution in [1.82, 2.24) is 20.3 Å². The minimum Gasteiger partial charge on any atom is -0.391 e. The lowest BCUT2D eigenvalue weighted by Crippen LogP contribution is -2.63. The molecule has 0 bridgehead atoms. The van der Waals surface area contributed by atoms with Gasteiger partial charge in [-0.25, -0.2) is 4.98 Å². The van der Waals surface area contributed by atoms with Crippen molar-refractivity contribution >= 4 is 17.5 Å². The summed E-state index contributed by atoms with van der Waals surface area (Å²) in [5, 5.41) is 14.3. The Balaban J connectivity index is 2.66. The molecule has 42 heavy (non-hydrogen) atoms. The molecular weight excluding hydrogens is 534 g/mol. The zero-order valence-corrected chi connectivity index (χ0v) is 26.1. The number of H-pyrrole nitrogens is 1. The number of carbonyl (C=O) groups excluding carboxylic acids is 3. The van der Waals surface area contributed by atoms with Crippen LogP contribution in [0.5, 0.6) is 0 Å². The maximum absolute atomic E-state index is 14.6. The fourth-order valence-corrected chi connectivity index (χ4v) is 5.79. The number of carbonyl (C=O) groups is 3. The van der Waals surface area contributed by atoms with Gasteiger partial charge in [-0.1, -0.05) is 61.0 Å². The van der Waals surface area contributed by atoms with Crippen LogP contribution in [-0.4, -0.2) is 61.8 Å². The van der Waals surface area contributed by atoms with Gasteiger partial charge >= 0.3 is 0 Å². The number of Topliss-reactive ketones (excluding diaryl/α,β-unsaturated/α-hetero) is 2. The Labute approximate surface area is 249 Å². The molecule has 2 rings (SSSR count). The zero-order chi connectivity index (χ0) is 31.8. The molecule has 0 spiro atoms. The number of hydrogen-bond acceptors (Lipinski definition) is 9. The molecule has 2 aromatic heterocycles. The van der Waals surface area contributed by atoms with E-state index in [-0.39, 0.29) is 18.3 Å². The van der Waals surface area contributed by atoms with Gasteiger partial charge in [-0.3, -0.25) is 19.4 Å². The molecule has 0 aliphatic carbocycles. The third-order valence-corrected chi connectivity index (χ3v) is 8.57. The standard InChI is InChI=1S/C31H51N7O4/c1-8-19(6)25(34)28(40)26(24-11-9-10-12-36-24)38-30(42)31(18(4)5,20(7)27(39)22(32)13-17(2)3)29(41)23(33)14-21-15-35-16-37-21/h9-12,15-20,22-23,25-27,39H,8,13-14,32-34H2,1-7H3,(H,35,37)(H,38,42)/t19-,20?,22-,23-,25-,26?,27-,31-/m0/s1. The van der Waals surface area contributed by atoms with Crippen molar-refractivity contribution in [2.45, 2.75) is 98.0 Å². The highest BCUT2D eigenvalue weighted by molar-refractivity contribution is 6.10. The minimum absolute atomic E-state index is 0.100. The second-order valence-electron chi connectivity index (χ2n) is 12.3. The van der Waals surface area contributed by atoms with Crippen LogP contribution in [0, 0.1) is 29.1 Å². The second-order valence-corrected chi connectivity index (χ2v) is 12.3. The molecule has 1 amide bonds. The molecule has 0 aromatic carbocycles. The van der Waals surface area contributed by atoms with E-state index in [4.69, 9.17) is 17.2 Å². The number of nitrogens with two attached hydrogens (primary N) is 3. The summed E-state index contributed by atoms with van der Waals surface area (Å²) in [5.41, 5.74) is 18.3. The first kappa shape index (κ1) is 35.2. The summed E-state index contributed by atoms with van der Waals surface area (Å²) in [7, 11) is 0. The van der Waals surface area contributed by atoms with E-state index < -0.39 is 65.0 Å². The molecule has 11 nitrogen and oxygen atoms in total. The van der Waals surface area contributed by atoms with Gasteiger partial charge in [0, 0.05) is 36.5 Å². The lowest BCUT2D eigenvalue weighted by atomic mass is 9.60. The predicted octanol–water partition coefficient (Wildman–Crippen LogP) is 2.06. The lowest BCUT2D eigenvalue weighted by molar-refractivity contribution is -0.157. The van der Waals surface area contributed by atoms with Gasteiger partial charge < -0.3 is 32.6 Å². The van der Waals surface area contributed by atoms with Crippen LogP contribution in [0.4, 0.5) is 0 Å². The van der Waals surface area contributed by atoms with E-state index in [9.17, 15) is 19.5 Å². The zero-order valence-electron chi connectivity index (χ0n) is 26.1. The minimum atomic E-state index is -1.85. The lowest BCUT2D eigenvalue weighted by Gasteiger charge is -2.45. The number of ketones is 2. The first-order valence-electron chi connectivity index (χ1n) is 14.9. The number of imidazole rings is 1. The van der Waals surface area contributed by atoms with Crippen LogP contribution in [-0.2, 0) is 20.8 Å². The van der Waals surface area contributed by atoms with Gasteiger partial charge in [0.25, 0.3) is 0 Å². The van der Waals surface area contributed by atoms with Crippen molar-refractivity contribution in [1.29, 1.82) is 0 Å². The maximum Gasteiger partial charge on any atom is 0.235 e. The predicted molar refractivity (Wildman–Crippen MR) is 163 cm³/mol. The number of aromatic amines is 1. The molecule has 0 saturated carbocycles. The average Bonchev–Trinajstić information content (AvgIpc) is 3.47. The summed E-state index contributed by atoms with van der Waals surface area (Å²) in [6.07, 6.45) is 4.59. The molecular formula is C31H51N7O4. The first-order valence-corrected chi connectivity index (χ1v) is 14.9. The van der Waals surface area contributed by atoms with Crippen LogP contribution in [0.3, 0.4) is 0 Å². The molecule has 0 saturated heterocycles. The number of nitrogens with one attached hydrogen (secondary N) is 2. The Kier molecular flexibility index (Phi) is 13.0. The smallest absolute Gasteiger partial charge is 0.235 e. The second kappa shape index (κ2) is 15.5. The summed E-state index contributed by atoms with van der Waals surface area (Å²) in [5.74, 6) is -3.28. The fraction of sp³-hybridized carbons (Fsp3) is 0.645. The van der Waals surface area contributed by atoms with Crippen LogP contribution < -0.4 is 22.5 Å². The Morgan fingerprint density at radius 1 is 1.07 bits per heavy atom. The van der Waals surface area contributed by atoms with E-state index in [0.717, 1.165) is 0 Å². The number of rotatable bonds is 17. The SMILES string of the molecule is CC[C@H](C)[C@H](N)C(=O)C(NC(=O)[C@@](C(=O)[C@@H](N)Cc1cnc[nH]1)(C(C)C)C(C)[C@H](O)[C@@H](N)CC(C)C)c1ccccn1. The van der Waals surface area contributed by atoms with Gasteiger partial charge in [0.05, 0.1) is 30.2 Å². The van der Waals surface area contributed by atoms with Crippen LogP contribution in [0.25, 0.3) is 0 Å². The number of aliphatic hydroxyl groups is 1. The molecule has 2 aromatic rings. The number of aliphatic hydroxyl groups excluding tert-OH is 1. The summed E-state index contributed by atoms with van der Waals surface area (Å²) >= 11 is 0. The fourth-order valence-electron chi connectivity index (χ4n) is 5.79.